The van der Waals surface area contributed by atoms with Gasteiger partial charge in [0.2, 0.25) is 5.91 Å². The molecule has 0 bridgehead atoms. The molecular formula is C22H26N4O2. The average molecular weight is 378 g/mol. The molecule has 146 valence electrons. The number of aromatic amines is 1. The first kappa shape index (κ1) is 19.8. The number of nitriles is 1. The summed E-state index contributed by atoms with van der Waals surface area (Å²) < 4.78 is 0. The lowest BCUT2D eigenvalue weighted by Crippen LogP contribution is -2.57. The molecule has 6 heteroatoms. The number of aromatic nitrogens is 1. The molecule has 1 unspecified atom stereocenters. The number of nitrogens with two attached hydrogens (primary N) is 1. The first-order valence-corrected chi connectivity index (χ1v) is 9.70. The van der Waals surface area contributed by atoms with Crippen molar-refractivity contribution in [3.63, 3.8) is 0 Å². The molecule has 1 atom stereocenters. The van der Waals surface area contributed by atoms with E-state index in [0.29, 0.717) is 24.8 Å². The van der Waals surface area contributed by atoms with Gasteiger partial charge in [-0.25, -0.2) is 0 Å². The van der Waals surface area contributed by atoms with E-state index >= 15 is 0 Å². The molecule has 1 aliphatic carbocycles. The number of H-pyrrole nitrogens is 1. The van der Waals surface area contributed by atoms with E-state index in [1.165, 1.54) is 0 Å². The van der Waals surface area contributed by atoms with Gasteiger partial charge in [0.15, 0.2) is 0 Å². The molecule has 1 aromatic heterocycles. The van der Waals surface area contributed by atoms with Gasteiger partial charge in [-0.15, -0.1) is 0 Å². The summed E-state index contributed by atoms with van der Waals surface area (Å²) in [4.78, 5) is 27.0. The smallest absolute Gasteiger partial charge is 0.251 e. The van der Waals surface area contributed by atoms with Crippen molar-refractivity contribution in [3.8, 4) is 17.2 Å². The summed E-state index contributed by atoms with van der Waals surface area (Å²) in [6.45, 7) is 1.79. The first-order chi connectivity index (χ1) is 13.4. The van der Waals surface area contributed by atoms with Crippen LogP contribution >= 0.6 is 0 Å². The number of pyridine rings is 1. The molecule has 28 heavy (non-hydrogen) atoms. The summed E-state index contributed by atoms with van der Waals surface area (Å²) in [5.41, 5.74) is 8.72. The minimum Gasteiger partial charge on any atom is -0.338 e. The summed E-state index contributed by atoms with van der Waals surface area (Å²) in [5.74, 6) is -0.227. The quantitative estimate of drug-likeness (QED) is 0.742. The van der Waals surface area contributed by atoms with Crippen LogP contribution in [0.15, 0.2) is 41.3 Å². The van der Waals surface area contributed by atoms with Gasteiger partial charge in [0.05, 0.1) is 11.6 Å². The lowest BCUT2D eigenvalue weighted by molar-refractivity contribution is -0.127. The molecule has 1 amide bonds. The predicted molar refractivity (Wildman–Crippen MR) is 108 cm³/mol. The Morgan fingerprint density at radius 2 is 1.93 bits per heavy atom. The van der Waals surface area contributed by atoms with Crippen LogP contribution in [0.4, 0.5) is 0 Å². The standard InChI is InChI=1S/C22H26N4O2/c1-15-19(9-12-25-20(15)27)17-7-5-16(6-8-17)13-18(14-23)26-21(28)22(24)10-3-2-4-11-22/h5-9,12,18H,2-4,10-11,13,24H2,1H3,(H,25,27)(H,26,28). The zero-order chi connectivity index (χ0) is 20.1. The Labute approximate surface area is 164 Å². The fourth-order valence-electron chi connectivity index (χ4n) is 3.77. The maximum atomic E-state index is 12.6. The molecule has 0 saturated heterocycles. The third-order valence-corrected chi connectivity index (χ3v) is 5.57. The van der Waals surface area contributed by atoms with Gasteiger partial charge < -0.3 is 16.0 Å². The predicted octanol–water partition coefficient (Wildman–Crippen LogP) is 2.56. The van der Waals surface area contributed by atoms with E-state index in [1.54, 1.807) is 13.1 Å². The summed E-state index contributed by atoms with van der Waals surface area (Å²) >= 11 is 0. The molecule has 0 radical (unpaired) electrons. The average Bonchev–Trinajstić information content (AvgIpc) is 2.70. The number of benzene rings is 1. The van der Waals surface area contributed by atoms with Crippen LogP contribution in [0.3, 0.4) is 0 Å². The molecule has 1 heterocycles. The molecule has 3 rings (SSSR count). The number of hydrogen-bond donors (Lipinski definition) is 3. The molecule has 1 saturated carbocycles. The highest BCUT2D eigenvalue weighted by atomic mass is 16.2. The SMILES string of the molecule is Cc1c(-c2ccc(CC(C#N)NC(=O)C3(N)CCCCC3)cc2)cc[nH]c1=O. The molecular weight excluding hydrogens is 352 g/mol. The number of nitrogens with zero attached hydrogens (tertiary/aromatic N) is 1. The van der Waals surface area contributed by atoms with Gasteiger partial charge in [-0.3, -0.25) is 9.59 Å². The molecule has 2 aromatic rings. The second-order valence-corrected chi connectivity index (χ2v) is 7.62. The number of rotatable bonds is 5. The third-order valence-electron chi connectivity index (χ3n) is 5.57. The molecule has 0 spiro atoms. The highest BCUT2D eigenvalue weighted by Crippen LogP contribution is 2.26. The van der Waals surface area contributed by atoms with Gasteiger partial charge in [-0.05, 0) is 42.5 Å². The van der Waals surface area contributed by atoms with Crippen LogP contribution in [-0.2, 0) is 11.2 Å². The maximum Gasteiger partial charge on any atom is 0.251 e. The van der Waals surface area contributed by atoms with Crippen LogP contribution in [0.25, 0.3) is 11.1 Å². The maximum absolute atomic E-state index is 12.6. The van der Waals surface area contributed by atoms with Gasteiger partial charge in [0.1, 0.15) is 6.04 Å². The Morgan fingerprint density at radius 1 is 1.25 bits per heavy atom. The van der Waals surface area contributed by atoms with Gasteiger partial charge in [-0.1, -0.05) is 43.5 Å². The van der Waals surface area contributed by atoms with Crippen LogP contribution in [0.2, 0.25) is 0 Å². The molecule has 1 aliphatic rings. The highest BCUT2D eigenvalue weighted by Gasteiger charge is 2.36. The van der Waals surface area contributed by atoms with Crippen molar-refractivity contribution >= 4 is 5.91 Å². The van der Waals surface area contributed by atoms with Crippen molar-refractivity contribution in [1.29, 1.82) is 5.26 Å². The third kappa shape index (κ3) is 4.32. The van der Waals surface area contributed by atoms with Gasteiger partial charge in [0.25, 0.3) is 5.56 Å². The molecule has 4 N–H and O–H groups in total. The Kier molecular flexibility index (Phi) is 5.96. The second-order valence-electron chi connectivity index (χ2n) is 7.62. The van der Waals surface area contributed by atoms with Crippen LogP contribution in [0.1, 0.15) is 43.2 Å². The van der Waals surface area contributed by atoms with E-state index < -0.39 is 11.6 Å². The van der Waals surface area contributed by atoms with Crippen molar-refractivity contribution in [2.24, 2.45) is 5.73 Å². The Morgan fingerprint density at radius 3 is 2.57 bits per heavy atom. The van der Waals surface area contributed by atoms with E-state index in [0.717, 1.165) is 36.0 Å². The van der Waals surface area contributed by atoms with Crippen LogP contribution in [-0.4, -0.2) is 22.5 Å². The van der Waals surface area contributed by atoms with Crippen molar-refractivity contribution in [3.05, 3.63) is 58.0 Å². The van der Waals surface area contributed by atoms with E-state index in [2.05, 4.69) is 16.4 Å². The highest BCUT2D eigenvalue weighted by molar-refractivity contribution is 5.86. The summed E-state index contributed by atoms with van der Waals surface area (Å²) in [6, 6.07) is 11.1. The zero-order valence-corrected chi connectivity index (χ0v) is 16.1. The monoisotopic (exact) mass is 378 g/mol. The summed E-state index contributed by atoms with van der Waals surface area (Å²) in [7, 11) is 0. The Hall–Kier alpha value is -2.91. The minimum atomic E-state index is -0.852. The van der Waals surface area contributed by atoms with Gasteiger partial charge in [0, 0.05) is 18.2 Å². The number of nitrogens with one attached hydrogen (secondary N) is 2. The molecule has 1 aromatic carbocycles. The first-order valence-electron chi connectivity index (χ1n) is 9.70. The van der Waals surface area contributed by atoms with E-state index in [-0.39, 0.29) is 11.5 Å². The Balaban J connectivity index is 1.68. The number of hydrogen-bond acceptors (Lipinski definition) is 4. The lowest BCUT2D eigenvalue weighted by atomic mass is 9.81. The fraction of sp³-hybridized carbons (Fsp3) is 0.409. The second kappa shape index (κ2) is 8.41. The van der Waals surface area contributed by atoms with E-state index in [4.69, 9.17) is 5.73 Å². The van der Waals surface area contributed by atoms with E-state index in [1.807, 2.05) is 30.3 Å². The largest absolute Gasteiger partial charge is 0.338 e. The van der Waals surface area contributed by atoms with Crippen molar-refractivity contribution < 1.29 is 4.79 Å². The fourth-order valence-corrected chi connectivity index (χ4v) is 3.77. The number of carbonyl (C=O) groups excluding carboxylic acids is 1. The van der Waals surface area contributed by atoms with Crippen molar-refractivity contribution in [2.45, 2.75) is 57.0 Å². The van der Waals surface area contributed by atoms with Crippen LogP contribution in [0.5, 0.6) is 0 Å². The van der Waals surface area contributed by atoms with Crippen molar-refractivity contribution in [2.75, 3.05) is 0 Å². The minimum absolute atomic E-state index is 0.104. The molecule has 6 nitrogen and oxygen atoms in total. The summed E-state index contributed by atoms with van der Waals surface area (Å²) in [5, 5.41) is 12.3. The van der Waals surface area contributed by atoms with Crippen LogP contribution in [0, 0.1) is 18.3 Å². The van der Waals surface area contributed by atoms with Crippen LogP contribution < -0.4 is 16.6 Å². The lowest BCUT2D eigenvalue weighted by Gasteiger charge is -2.32. The van der Waals surface area contributed by atoms with Crippen molar-refractivity contribution in [1.82, 2.24) is 10.3 Å². The molecule has 1 fully saturated rings. The topological polar surface area (TPSA) is 112 Å². The van der Waals surface area contributed by atoms with Gasteiger partial charge >= 0.3 is 0 Å². The zero-order valence-electron chi connectivity index (χ0n) is 16.1. The van der Waals surface area contributed by atoms with Gasteiger partial charge in [-0.2, -0.15) is 5.26 Å². The number of amides is 1. The normalized spacial score (nSPS) is 16.8. The molecule has 0 aliphatic heterocycles. The Bertz CT molecular complexity index is 934. The van der Waals surface area contributed by atoms with E-state index in [9.17, 15) is 14.9 Å². The number of carbonyl (C=O) groups is 1. The summed E-state index contributed by atoms with van der Waals surface area (Å²) in [6.07, 6.45) is 6.38.